The van der Waals surface area contributed by atoms with E-state index in [2.05, 4.69) is 19.2 Å². The molecule has 0 aliphatic carbocycles. The molecule has 108 valence electrons. The number of phenols is 2. The number of hydrogen-bond acceptors (Lipinski definition) is 4. The van der Waals surface area contributed by atoms with Crippen molar-refractivity contribution in [1.82, 2.24) is 5.32 Å². The van der Waals surface area contributed by atoms with E-state index in [-0.39, 0.29) is 17.5 Å². The molecule has 0 radical (unpaired) electrons. The maximum absolute atomic E-state index is 9.43. The standard InChI is InChI=1S/C15H25NO3/c1-11(2)10-19-6-4-5-16-12(3)13-7-14(17)9-15(18)8-13/h7-9,11-12,16-18H,4-6,10H2,1-3H3. The molecule has 0 saturated carbocycles. The summed E-state index contributed by atoms with van der Waals surface area (Å²) in [5.74, 6) is 0.745. The van der Waals surface area contributed by atoms with Crippen LogP contribution < -0.4 is 5.32 Å². The molecule has 0 bridgehead atoms. The highest BCUT2D eigenvalue weighted by molar-refractivity contribution is 5.37. The lowest BCUT2D eigenvalue weighted by molar-refractivity contribution is 0.107. The molecule has 0 spiro atoms. The van der Waals surface area contributed by atoms with E-state index >= 15 is 0 Å². The third-order valence-electron chi connectivity index (χ3n) is 2.79. The Morgan fingerprint density at radius 2 is 1.74 bits per heavy atom. The predicted molar refractivity (Wildman–Crippen MR) is 76.5 cm³/mol. The summed E-state index contributed by atoms with van der Waals surface area (Å²) in [4.78, 5) is 0. The van der Waals surface area contributed by atoms with Gasteiger partial charge in [-0.3, -0.25) is 0 Å². The molecule has 4 heteroatoms. The molecule has 4 nitrogen and oxygen atoms in total. The van der Waals surface area contributed by atoms with Gasteiger partial charge in [0.05, 0.1) is 0 Å². The van der Waals surface area contributed by atoms with Crippen LogP contribution >= 0.6 is 0 Å². The van der Waals surface area contributed by atoms with Crippen LogP contribution in [0.25, 0.3) is 0 Å². The third kappa shape index (κ3) is 6.45. The molecule has 1 aromatic carbocycles. The van der Waals surface area contributed by atoms with Gasteiger partial charge >= 0.3 is 0 Å². The summed E-state index contributed by atoms with van der Waals surface area (Å²) in [7, 11) is 0. The second kappa shape index (κ2) is 8.02. The van der Waals surface area contributed by atoms with Crippen molar-refractivity contribution in [1.29, 1.82) is 0 Å². The summed E-state index contributed by atoms with van der Waals surface area (Å²) < 4.78 is 5.50. The van der Waals surface area contributed by atoms with Crippen LogP contribution in [-0.4, -0.2) is 30.0 Å². The van der Waals surface area contributed by atoms with E-state index in [1.807, 2.05) is 6.92 Å². The van der Waals surface area contributed by atoms with Gasteiger partial charge in [0.25, 0.3) is 0 Å². The molecule has 0 aliphatic heterocycles. The number of aromatic hydroxyl groups is 2. The summed E-state index contributed by atoms with van der Waals surface area (Å²) >= 11 is 0. The molecular weight excluding hydrogens is 242 g/mol. The van der Waals surface area contributed by atoms with E-state index in [0.717, 1.165) is 31.7 Å². The average Bonchev–Trinajstić information content (AvgIpc) is 2.31. The fraction of sp³-hybridized carbons (Fsp3) is 0.600. The smallest absolute Gasteiger partial charge is 0.119 e. The number of benzene rings is 1. The molecule has 3 N–H and O–H groups in total. The second-order valence-corrected chi connectivity index (χ2v) is 5.28. The van der Waals surface area contributed by atoms with E-state index in [9.17, 15) is 10.2 Å². The van der Waals surface area contributed by atoms with Crippen molar-refractivity contribution >= 4 is 0 Å². The van der Waals surface area contributed by atoms with E-state index in [1.165, 1.54) is 6.07 Å². The van der Waals surface area contributed by atoms with Crippen LogP contribution in [0.1, 0.15) is 38.8 Å². The molecule has 0 heterocycles. The van der Waals surface area contributed by atoms with Gasteiger partial charge in [0.2, 0.25) is 0 Å². The van der Waals surface area contributed by atoms with Crippen molar-refractivity contribution in [2.75, 3.05) is 19.8 Å². The van der Waals surface area contributed by atoms with Gasteiger partial charge in [0.1, 0.15) is 11.5 Å². The highest BCUT2D eigenvalue weighted by atomic mass is 16.5. The van der Waals surface area contributed by atoms with Crippen LogP contribution in [-0.2, 0) is 4.74 Å². The average molecular weight is 267 g/mol. The minimum Gasteiger partial charge on any atom is -0.508 e. The van der Waals surface area contributed by atoms with Crippen LogP contribution in [0, 0.1) is 5.92 Å². The van der Waals surface area contributed by atoms with E-state index in [4.69, 9.17) is 4.74 Å². The fourth-order valence-corrected chi connectivity index (χ4v) is 1.80. The zero-order chi connectivity index (χ0) is 14.3. The van der Waals surface area contributed by atoms with Crippen LogP contribution in [0.4, 0.5) is 0 Å². The Morgan fingerprint density at radius 3 is 2.32 bits per heavy atom. The van der Waals surface area contributed by atoms with Crippen molar-refractivity contribution in [3.63, 3.8) is 0 Å². The monoisotopic (exact) mass is 267 g/mol. The summed E-state index contributed by atoms with van der Waals surface area (Å²) in [6, 6.07) is 4.73. The first kappa shape index (κ1) is 15.8. The van der Waals surface area contributed by atoms with Gasteiger partial charge in [-0.1, -0.05) is 13.8 Å². The molecule has 0 saturated heterocycles. The van der Waals surface area contributed by atoms with Gasteiger partial charge in [-0.15, -0.1) is 0 Å². The lowest BCUT2D eigenvalue weighted by atomic mass is 10.1. The summed E-state index contributed by atoms with van der Waals surface area (Å²) in [5.41, 5.74) is 0.876. The maximum Gasteiger partial charge on any atom is 0.119 e. The molecule has 1 rings (SSSR count). The van der Waals surface area contributed by atoms with Gasteiger partial charge in [0.15, 0.2) is 0 Å². The molecule has 19 heavy (non-hydrogen) atoms. The van der Waals surface area contributed by atoms with Crippen LogP contribution in [0.5, 0.6) is 11.5 Å². The van der Waals surface area contributed by atoms with Gasteiger partial charge in [0, 0.05) is 25.3 Å². The van der Waals surface area contributed by atoms with Crippen molar-refractivity contribution in [2.45, 2.75) is 33.2 Å². The van der Waals surface area contributed by atoms with E-state index in [0.29, 0.717) is 5.92 Å². The largest absolute Gasteiger partial charge is 0.508 e. The Hall–Kier alpha value is -1.26. The Labute approximate surface area is 115 Å². The molecular formula is C15H25NO3. The SMILES string of the molecule is CC(C)COCCCNC(C)c1cc(O)cc(O)c1. The molecule has 0 aromatic heterocycles. The number of ether oxygens (including phenoxy) is 1. The van der Waals surface area contributed by atoms with E-state index in [1.54, 1.807) is 12.1 Å². The lowest BCUT2D eigenvalue weighted by Crippen LogP contribution is -2.21. The zero-order valence-electron chi connectivity index (χ0n) is 12.0. The predicted octanol–water partition coefficient (Wildman–Crippen LogP) is 2.81. The highest BCUT2D eigenvalue weighted by Gasteiger charge is 2.07. The fourth-order valence-electron chi connectivity index (χ4n) is 1.80. The molecule has 1 aromatic rings. The van der Waals surface area contributed by atoms with Gasteiger partial charge < -0.3 is 20.3 Å². The minimum atomic E-state index is 0.0862. The molecule has 1 atom stereocenters. The second-order valence-electron chi connectivity index (χ2n) is 5.28. The Kier molecular flexibility index (Phi) is 6.67. The number of nitrogens with one attached hydrogen (secondary N) is 1. The van der Waals surface area contributed by atoms with Gasteiger partial charge in [-0.05, 0) is 43.5 Å². The lowest BCUT2D eigenvalue weighted by Gasteiger charge is -2.15. The molecule has 0 aliphatic rings. The number of rotatable bonds is 8. The Bertz CT molecular complexity index is 359. The van der Waals surface area contributed by atoms with Crippen LogP contribution in [0.15, 0.2) is 18.2 Å². The van der Waals surface area contributed by atoms with Crippen LogP contribution in [0.3, 0.4) is 0 Å². The Morgan fingerprint density at radius 1 is 1.11 bits per heavy atom. The summed E-state index contributed by atoms with van der Waals surface area (Å²) in [6.45, 7) is 8.67. The third-order valence-corrected chi connectivity index (χ3v) is 2.79. The first-order valence-electron chi connectivity index (χ1n) is 6.83. The van der Waals surface area contributed by atoms with Crippen molar-refractivity contribution < 1.29 is 14.9 Å². The Balaban J connectivity index is 2.25. The maximum atomic E-state index is 9.43. The molecule has 0 amide bonds. The van der Waals surface area contributed by atoms with Gasteiger partial charge in [-0.25, -0.2) is 0 Å². The van der Waals surface area contributed by atoms with Crippen molar-refractivity contribution in [3.8, 4) is 11.5 Å². The minimum absolute atomic E-state index is 0.0862. The quantitative estimate of drug-likeness (QED) is 0.634. The number of phenolic OH excluding ortho intramolecular Hbond substituents is 2. The topological polar surface area (TPSA) is 61.7 Å². The highest BCUT2D eigenvalue weighted by Crippen LogP contribution is 2.24. The van der Waals surface area contributed by atoms with Gasteiger partial charge in [-0.2, -0.15) is 0 Å². The van der Waals surface area contributed by atoms with Crippen molar-refractivity contribution in [3.05, 3.63) is 23.8 Å². The molecule has 0 fully saturated rings. The first-order valence-corrected chi connectivity index (χ1v) is 6.83. The normalized spacial score (nSPS) is 12.8. The number of hydrogen-bond donors (Lipinski definition) is 3. The van der Waals surface area contributed by atoms with Crippen LogP contribution in [0.2, 0.25) is 0 Å². The summed E-state index contributed by atoms with van der Waals surface area (Å²) in [5, 5.41) is 22.2. The molecule has 1 unspecified atom stereocenters. The first-order chi connectivity index (χ1) is 8.99. The van der Waals surface area contributed by atoms with E-state index < -0.39 is 0 Å². The summed E-state index contributed by atoms with van der Waals surface area (Å²) in [6.07, 6.45) is 0.946. The zero-order valence-corrected chi connectivity index (χ0v) is 12.0. The van der Waals surface area contributed by atoms with Crippen molar-refractivity contribution in [2.24, 2.45) is 5.92 Å².